The summed E-state index contributed by atoms with van der Waals surface area (Å²) in [6, 6.07) is 7.73. The minimum absolute atomic E-state index is 0.0810. The van der Waals surface area contributed by atoms with Crippen molar-refractivity contribution in [2.24, 2.45) is 0 Å². The molecule has 1 saturated heterocycles. The molecular formula is C18H24N4O2. The number of nitrogens with zero attached hydrogens (tertiary/aromatic N) is 3. The lowest BCUT2D eigenvalue weighted by atomic mass is 10.2. The van der Waals surface area contributed by atoms with Crippen LogP contribution in [0, 0.1) is 0 Å². The predicted octanol–water partition coefficient (Wildman–Crippen LogP) is 2.65. The molecule has 1 aliphatic rings. The zero-order valence-electron chi connectivity index (χ0n) is 14.0. The maximum absolute atomic E-state index is 12.4. The van der Waals surface area contributed by atoms with Crippen molar-refractivity contribution in [2.75, 3.05) is 26.7 Å². The normalized spacial score (nSPS) is 16.0. The van der Waals surface area contributed by atoms with E-state index >= 15 is 0 Å². The van der Waals surface area contributed by atoms with Gasteiger partial charge >= 0.3 is 6.03 Å². The molecular weight excluding hydrogens is 304 g/mol. The quantitative estimate of drug-likeness (QED) is 0.885. The van der Waals surface area contributed by atoms with Crippen LogP contribution in [-0.2, 0) is 6.54 Å². The van der Waals surface area contributed by atoms with Crippen molar-refractivity contribution >= 4 is 6.03 Å². The van der Waals surface area contributed by atoms with Crippen molar-refractivity contribution in [1.82, 2.24) is 20.1 Å². The molecule has 0 unspecified atom stereocenters. The van der Waals surface area contributed by atoms with Gasteiger partial charge in [0, 0.05) is 32.5 Å². The Balaban J connectivity index is 1.56. The summed E-state index contributed by atoms with van der Waals surface area (Å²) in [5.74, 6) is 0.911. The molecule has 1 N–H and O–H groups in total. The van der Waals surface area contributed by atoms with Crippen LogP contribution in [0.25, 0.3) is 0 Å². The zero-order chi connectivity index (χ0) is 16.8. The Labute approximate surface area is 142 Å². The summed E-state index contributed by atoms with van der Waals surface area (Å²) in [5, 5.41) is 3.04. The highest BCUT2D eigenvalue weighted by Gasteiger charge is 2.26. The number of rotatable bonds is 6. The molecule has 2 amide bonds. The second kappa shape index (κ2) is 7.97. The van der Waals surface area contributed by atoms with Gasteiger partial charge in [-0.05, 0) is 55.8 Å². The number of carbonyl (C=O) groups excluding carboxylic acids is 1. The Morgan fingerprint density at radius 1 is 1.33 bits per heavy atom. The summed E-state index contributed by atoms with van der Waals surface area (Å²) >= 11 is 0. The molecule has 1 atom stereocenters. The van der Waals surface area contributed by atoms with Crippen LogP contribution in [-0.4, -0.2) is 47.5 Å². The van der Waals surface area contributed by atoms with E-state index in [0.717, 1.165) is 24.4 Å². The molecule has 2 aromatic rings. The van der Waals surface area contributed by atoms with Gasteiger partial charge in [0.05, 0.1) is 12.3 Å². The number of nitrogens with one attached hydrogen (secondary N) is 1. The predicted molar refractivity (Wildman–Crippen MR) is 91.4 cm³/mol. The molecule has 3 heterocycles. The Morgan fingerprint density at radius 3 is 2.75 bits per heavy atom. The molecule has 0 saturated carbocycles. The highest BCUT2D eigenvalue weighted by Crippen LogP contribution is 2.24. The number of hydrogen-bond acceptors (Lipinski definition) is 4. The van der Waals surface area contributed by atoms with Crippen LogP contribution in [0.2, 0.25) is 0 Å². The first-order valence-corrected chi connectivity index (χ1v) is 8.39. The fourth-order valence-electron chi connectivity index (χ4n) is 3.10. The SMILES string of the molecule is CN(Cc1ccncc1)C(=O)NC[C@@H](c1ccco1)N1CCCC1. The van der Waals surface area contributed by atoms with E-state index in [1.165, 1.54) is 12.8 Å². The van der Waals surface area contributed by atoms with E-state index in [4.69, 9.17) is 4.42 Å². The zero-order valence-corrected chi connectivity index (χ0v) is 14.0. The molecule has 0 aliphatic carbocycles. The van der Waals surface area contributed by atoms with E-state index < -0.39 is 0 Å². The summed E-state index contributed by atoms with van der Waals surface area (Å²) < 4.78 is 5.58. The Kier molecular flexibility index (Phi) is 5.48. The van der Waals surface area contributed by atoms with Crippen molar-refractivity contribution in [3.8, 4) is 0 Å². The minimum Gasteiger partial charge on any atom is -0.468 e. The van der Waals surface area contributed by atoms with E-state index in [-0.39, 0.29) is 12.1 Å². The minimum atomic E-state index is -0.0810. The van der Waals surface area contributed by atoms with Crippen LogP contribution in [0.15, 0.2) is 47.3 Å². The van der Waals surface area contributed by atoms with Gasteiger partial charge in [0.25, 0.3) is 0 Å². The van der Waals surface area contributed by atoms with Gasteiger partial charge in [-0.25, -0.2) is 4.79 Å². The summed E-state index contributed by atoms with van der Waals surface area (Å²) in [7, 11) is 1.80. The van der Waals surface area contributed by atoms with Crippen LogP contribution >= 0.6 is 0 Å². The largest absolute Gasteiger partial charge is 0.468 e. The fourth-order valence-corrected chi connectivity index (χ4v) is 3.10. The van der Waals surface area contributed by atoms with Crippen LogP contribution in [0.3, 0.4) is 0 Å². The monoisotopic (exact) mass is 328 g/mol. The topological polar surface area (TPSA) is 61.6 Å². The second-order valence-electron chi connectivity index (χ2n) is 6.17. The van der Waals surface area contributed by atoms with Gasteiger partial charge in [-0.1, -0.05) is 0 Å². The van der Waals surface area contributed by atoms with Crippen molar-refractivity contribution in [3.63, 3.8) is 0 Å². The molecule has 0 radical (unpaired) electrons. The van der Waals surface area contributed by atoms with Crippen LogP contribution in [0.5, 0.6) is 0 Å². The third kappa shape index (κ3) is 4.14. The van der Waals surface area contributed by atoms with Crippen LogP contribution in [0.4, 0.5) is 4.79 Å². The maximum atomic E-state index is 12.4. The van der Waals surface area contributed by atoms with E-state index in [0.29, 0.717) is 13.1 Å². The molecule has 1 fully saturated rings. The maximum Gasteiger partial charge on any atom is 0.317 e. The van der Waals surface area contributed by atoms with Gasteiger partial charge < -0.3 is 14.6 Å². The lowest BCUT2D eigenvalue weighted by Gasteiger charge is -2.27. The lowest BCUT2D eigenvalue weighted by molar-refractivity contribution is 0.187. The van der Waals surface area contributed by atoms with Gasteiger partial charge in [-0.3, -0.25) is 9.88 Å². The van der Waals surface area contributed by atoms with Crippen LogP contribution < -0.4 is 5.32 Å². The molecule has 2 aromatic heterocycles. The van der Waals surface area contributed by atoms with Crippen LogP contribution in [0.1, 0.15) is 30.2 Å². The number of hydrogen-bond donors (Lipinski definition) is 1. The van der Waals surface area contributed by atoms with E-state index in [1.54, 1.807) is 30.6 Å². The molecule has 3 rings (SSSR count). The summed E-state index contributed by atoms with van der Waals surface area (Å²) in [6.45, 7) is 3.21. The Bertz CT molecular complexity index is 624. The number of furan rings is 1. The van der Waals surface area contributed by atoms with Gasteiger partial charge in [0.1, 0.15) is 5.76 Å². The van der Waals surface area contributed by atoms with Gasteiger partial charge in [0.15, 0.2) is 0 Å². The van der Waals surface area contributed by atoms with Crippen molar-refractivity contribution < 1.29 is 9.21 Å². The average molecular weight is 328 g/mol. The highest BCUT2D eigenvalue weighted by molar-refractivity contribution is 5.73. The number of likely N-dealkylation sites (tertiary alicyclic amines) is 1. The van der Waals surface area contributed by atoms with Crippen molar-refractivity contribution in [1.29, 1.82) is 0 Å². The Morgan fingerprint density at radius 2 is 2.08 bits per heavy atom. The van der Waals surface area contributed by atoms with Crippen molar-refractivity contribution in [3.05, 3.63) is 54.2 Å². The summed E-state index contributed by atoms with van der Waals surface area (Å²) in [5.41, 5.74) is 1.06. The lowest BCUT2D eigenvalue weighted by Crippen LogP contribution is -2.42. The van der Waals surface area contributed by atoms with Gasteiger partial charge in [-0.2, -0.15) is 0 Å². The number of urea groups is 1. The smallest absolute Gasteiger partial charge is 0.317 e. The molecule has 0 spiro atoms. The molecule has 0 bridgehead atoms. The molecule has 24 heavy (non-hydrogen) atoms. The standard InChI is InChI=1S/C18H24N4O2/c1-21(14-15-6-8-19-9-7-15)18(23)20-13-16(17-5-4-12-24-17)22-10-2-3-11-22/h4-9,12,16H,2-3,10-11,13-14H2,1H3,(H,20,23)/t16-/m0/s1. The first-order chi connectivity index (χ1) is 11.7. The van der Waals surface area contributed by atoms with E-state index in [1.807, 2.05) is 24.3 Å². The highest BCUT2D eigenvalue weighted by atomic mass is 16.3. The number of pyridine rings is 1. The number of amides is 2. The molecule has 128 valence electrons. The molecule has 6 nitrogen and oxygen atoms in total. The average Bonchev–Trinajstić information content (AvgIpc) is 3.30. The van der Waals surface area contributed by atoms with E-state index in [2.05, 4.69) is 15.2 Å². The first kappa shape index (κ1) is 16.5. The molecule has 6 heteroatoms. The van der Waals surface area contributed by atoms with Gasteiger partial charge in [0.2, 0.25) is 0 Å². The van der Waals surface area contributed by atoms with E-state index in [9.17, 15) is 4.79 Å². The van der Waals surface area contributed by atoms with Crippen molar-refractivity contribution in [2.45, 2.75) is 25.4 Å². The summed E-state index contributed by atoms with van der Waals surface area (Å²) in [6.07, 6.45) is 7.57. The molecule has 0 aromatic carbocycles. The van der Waals surface area contributed by atoms with Gasteiger partial charge in [-0.15, -0.1) is 0 Å². The first-order valence-electron chi connectivity index (χ1n) is 8.39. The third-order valence-electron chi connectivity index (χ3n) is 4.42. The molecule has 1 aliphatic heterocycles. The number of aromatic nitrogens is 1. The summed E-state index contributed by atoms with van der Waals surface area (Å²) in [4.78, 5) is 20.4. The Hall–Kier alpha value is -2.34. The number of carbonyl (C=O) groups is 1. The fraction of sp³-hybridized carbons (Fsp3) is 0.444. The second-order valence-corrected chi connectivity index (χ2v) is 6.17. The third-order valence-corrected chi connectivity index (χ3v) is 4.42.